The first-order valence-electron chi connectivity index (χ1n) is 18.6. The molecule has 7 N–H and O–H groups in total. The number of benzene rings is 2. The lowest BCUT2D eigenvalue weighted by atomic mass is 9.96. The van der Waals surface area contributed by atoms with Crippen molar-refractivity contribution in [3.63, 3.8) is 0 Å². The molecule has 6 atom stereocenters. The van der Waals surface area contributed by atoms with Crippen molar-refractivity contribution in [1.82, 2.24) is 21.3 Å². The molecular weight excluding hydrogens is 803 g/mol. The molecule has 1 saturated heterocycles. The molecular formula is C39H54Cl2N4O13. The minimum atomic E-state index is -1.51. The first-order chi connectivity index (χ1) is 27.4. The Kier molecular flexibility index (Phi) is 18.9. The van der Waals surface area contributed by atoms with Gasteiger partial charge in [-0.15, -0.1) is 0 Å². The maximum Gasteiger partial charge on any atom is 0.408 e. The van der Waals surface area contributed by atoms with Crippen LogP contribution in [0.15, 0.2) is 30.3 Å². The van der Waals surface area contributed by atoms with Crippen LogP contribution in [0.5, 0.6) is 5.75 Å². The van der Waals surface area contributed by atoms with Gasteiger partial charge in [0.05, 0.1) is 23.8 Å². The van der Waals surface area contributed by atoms with E-state index in [4.69, 9.17) is 46.9 Å². The van der Waals surface area contributed by atoms with Gasteiger partial charge in [-0.1, -0.05) is 47.5 Å². The number of esters is 1. The lowest BCUT2D eigenvalue weighted by molar-refractivity contribution is -0.261. The Morgan fingerprint density at radius 1 is 0.948 bits per heavy atom. The van der Waals surface area contributed by atoms with Crippen LogP contribution in [0.3, 0.4) is 0 Å². The number of ether oxygens (including phenoxy) is 5. The van der Waals surface area contributed by atoms with Gasteiger partial charge in [-0.05, 0) is 69.7 Å². The lowest BCUT2D eigenvalue weighted by Gasteiger charge is -2.41. The van der Waals surface area contributed by atoms with Crippen molar-refractivity contribution >= 4 is 53.0 Å². The predicted molar refractivity (Wildman–Crippen MR) is 211 cm³/mol. The number of rotatable bonds is 19. The van der Waals surface area contributed by atoms with E-state index >= 15 is 0 Å². The minimum absolute atomic E-state index is 0.0229. The van der Waals surface area contributed by atoms with Crippen LogP contribution in [-0.2, 0) is 46.5 Å². The number of halogens is 2. The molecule has 19 heteroatoms. The minimum Gasteiger partial charge on any atom is -0.486 e. The van der Waals surface area contributed by atoms with Crippen molar-refractivity contribution in [2.45, 2.75) is 115 Å². The Labute approximate surface area is 347 Å². The highest BCUT2D eigenvalue weighted by Crippen LogP contribution is 2.38. The summed E-state index contributed by atoms with van der Waals surface area (Å²) in [6.07, 6.45) is -4.72. The number of aliphatic hydroxyl groups is 3. The van der Waals surface area contributed by atoms with Crippen molar-refractivity contribution in [2.75, 3.05) is 27.4 Å². The SMILES string of the molecule is COC(=O)[C@H](CCCCNC(=O)CCC(=O)NCc1cccc(COc2c(Cl)cc(C(=O)N[C@H]3[C@@H](OC)O[C@H](CO)[C@@H](O)[C@@H]3O)c(C)c2Cl)c1)NC(=O)OC(C)(C)C. The number of carbonyl (C=O) groups is 5. The molecule has 0 spiro atoms. The fourth-order valence-electron chi connectivity index (χ4n) is 5.86. The third-order valence-electron chi connectivity index (χ3n) is 8.94. The molecule has 1 heterocycles. The van der Waals surface area contributed by atoms with E-state index in [-0.39, 0.29) is 65.6 Å². The quantitative estimate of drug-likeness (QED) is 0.0796. The van der Waals surface area contributed by atoms with Crippen molar-refractivity contribution in [3.8, 4) is 5.75 Å². The molecule has 58 heavy (non-hydrogen) atoms. The van der Waals surface area contributed by atoms with E-state index in [1.807, 2.05) is 12.1 Å². The Hall–Kier alpha value is -4.23. The number of hydrogen-bond donors (Lipinski definition) is 7. The molecule has 0 aliphatic carbocycles. The van der Waals surface area contributed by atoms with Crippen molar-refractivity contribution in [1.29, 1.82) is 0 Å². The van der Waals surface area contributed by atoms with E-state index in [9.17, 15) is 39.3 Å². The summed E-state index contributed by atoms with van der Waals surface area (Å²) >= 11 is 13.1. The lowest BCUT2D eigenvalue weighted by Crippen LogP contribution is -2.64. The van der Waals surface area contributed by atoms with Gasteiger partial charge in [-0.25, -0.2) is 9.59 Å². The Balaban J connectivity index is 1.44. The molecule has 0 saturated carbocycles. The number of aliphatic hydroxyl groups excluding tert-OH is 3. The Morgan fingerprint density at radius 3 is 2.26 bits per heavy atom. The molecule has 0 bridgehead atoms. The molecule has 0 aromatic heterocycles. The zero-order chi connectivity index (χ0) is 43.2. The van der Waals surface area contributed by atoms with Crippen LogP contribution in [-0.4, -0.2) is 115 Å². The third-order valence-corrected chi connectivity index (χ3v) is 9.67. The number of amides is 4. The van der Waals surface area contributed by atoms with Gasteiger partial charge in [-0.3, -0.25) is 14.4 Å². The van der Waals surface area contributed by atoms with E-state index in [0.29, 0.717) is 24.9 Å². The Bertz CT molecular complexity index is 1740. The van der Waals surface area contributed by atoms with E-state index in [1.54, 1.807) is 39.8 Å². The molecule has 0 radical (unpaired) electrons. The second kappa shape index (κ2) is 22.8. The number of unbranched alkanes of at least 4 members (excludes halogenated alkanes) is 1. The zero-order valence-corrected chi connectivity index (χ0v) is 34.9. The molecule has 2 aromatic carbocycles. The van der Waals surface area contributed by atoms with Crippen molar-refractivity contribution in [3.05, 3.63) is 62.6 Å². The maximum atomic E-state index is 13.3. The first-order valence-corrected chi connectivity index (χ1v) is 19.4. The largest absolute Gasteiger partial charge is 0.486 e. The maximum absolute atomic E-state index is 13.3. The van der Waals surface area contributed by atoms with Gasteiger partial charge in [-0.2, -0.15) is 0 Å². The number of nitrogens with one attached hydrogen (secondary N) is 4. The fourth-order valence-corrected chi connectivity index (χ4v) is 6.42. The van der Waals surface area contributed by atoms with Gasteiger partial charge in [0.15, 0.2) is 12.0 Å². The van der Waals surface area contributed by atoms with Crippen molar-refractivity contribution < 1.29 is 63.0 Å². The van der Waals surface area contributed by atoms with Gasteiger partial charge >= 0.3 is 12.1 Å². The van der Waals surface area contributed by atoms with Gasteiger partial charge < -0.3 is 60.3 Å². The highest BCUT2D eigenvalue weighted by atomic mass is 35.5. The summed E-state index contributed by atoms with van der Waals surface area (Å²) in [6, 6.07) is 6.51. The van der Waals surface area contributed by atoms with Crippen LogP contribution >= 0.6 is 23.2 Å². The predicted octanol–water partition coefficient (Wildman–Crippen LogP) is 2.81. The smallest absolute Gasteiger partial charge is 0.408 e. The first kappa shape index (κ1) is 48.1. The molecule has 1 aliphatic heterocycles. The van der Waals surface area contributed by atoms with Gasteiger partial charge in [0.25, 0.3) is 5.91 Å². The summed E-state index contributed by atoms with van der Waals surface area (Å²) in [5, 5.41) is 41.1. The molecule has 17 nitrogen and oxygen atoms in total. The average Bonchev–Trinajstić information content (AvgIpc) is 3.17. The zero-order valence-electron chi connectivity index (χ0n) is 33.4. The second-order valence-electron chi connectivity index (χ2n) is 14.6. The van der Waals surface area contributed by atoms with Gasteiger partial charge in [0.1, 0.15) is 42.6 Å². The molecule has 322 valence electrons. The van der Waals surface area contributed by atoms with Crippen LogP contribution in [0.25, 0.3) is 0 Å². The summed E-state index contributed by atoms with van der Waals surface area (Å²) < 4.78 is 26.6. The summed E-state index contributed by atoms with van der Waals surface area (Å²) in [6.45, 7) is 6.71. The monoisotopic (exact) mass is 856 g/mol. The van der Waals surface area contributed by atoms with Crippen LogP contribution in [0.2, 0.25) is 10.0 Å². The summed E-state index contributed by atoms with van der Waals surface area (Å²) in [5.41, 5.74) is 1.18. The van der Waals surface area contributed by atoms with E-state index in [1.165, 1.54) is 20.3 Å². The topological polar surface area (TPSA) is 240 Å². The van der Waals surface area contributed by atoms with E-state index in [0.717, 1.165) is 11.1 Å². The van der Waals surface area contributed by atoms with Gasteiger partial charge in [0, 0.05) is 38.6 Å². The molecule has 1 aliphatic rings. The Morgan fingerprint density at radius 2 is 1.62 bits per heavy atom. The highest BCUT2D eigenvalue weighted by Gasteiger charge is 2.45. The van der Waals surface area contributed by atoms with Crippen LogP contribution in [0.4, 0.5) is 4.79 Å². The van der Waals surface area contributed by atoms with Crippen LogP contribution in [0.1, 0.15) is 79.9 Å². The number of carbonyl (C=O) groups excluding carboxylic acids is 5. The van der Waals surface area contributed by atoms with Crippen molar-refractivity contribution in [2.24, 2.45) is 0 Å². The molecule has 2 aromatic rings. The van der Waals surface area contributed by atoms with Crippen LogP contribution in [0, 0.1) is 6.92 Å². The standard InChI is InChI=1S/C39H54Cl2N4O13/c1-21-24(35(51)45-31-33(50)32(49)27(19-46)57-37(31)55-6)17-25(40)34(30(21)41)56-20-23-11-9-10-22(16-23)18-43-29(48)14-13-28(47)42-15-8-7-12-26(36(52)54-5)44-38(53)58-39(2,3)4/h9-11,16-17,26-27,31-33,37,46,49-50H,7-8,12-15,18-20H2,1-6H3,(H,42,47)(H,43,48)(H,44,53)(H,45,51)/t26-,27+,31+,32+,33+,37-/m0/s1. The fraction of sp³-hybridized carbons (Fsp3) is 0.564. The summed E-state index contributed by atoms with van der Waals surface area (Å²) in [5.74, 6) is -1.77. The third kappa shape index (κ3) is 14.5. The normalized spacial score (nSPS) is 19.7. The van der Waals surface area contributed by atoms with E-state index < -0.39 is 66.9 Å². The summed E-state index contributed by atoms with van der Waals surface area (Å²) in [4.78, 5) is 62.3. The van der Waals surface area contributed by atoms with Gasteiger partial charge in [0.2, 0.25) is 11.8 Å². The summed E-state index contributed by atoms with van der Waals surface area (Å²) in [7, 11) is 2.52. The highest BCUT2D eigenvalue weighted by molar-refractivity contribution is 6.38. The van der Waals surface area contributed by atoms with E-state index in [2.05, 4.69) is 21.3 Å². The average molecular weight is 858 g/mol. The molecule has 3 rings (SSSR count). The molecule has 1 fully saturated rings. The number of hydrogen-bond acceptors (Lipinski definition) is 13. The molecule has 4 amide bonds. The second-order valence-corrected chi connectivity index (χ2v) is 15.4. The van der Waals surface area contributed by atoms with Crippen LogP contribution < -0.4 is 26.0 Å². The molecule has 0 unspecified atom stereocenters. The number of alkyl carbamates (subject to hydrolysis) is 1. The number of methoxy groups -OCH3 is 2.